The summed E-state index contributed by atoms with van der Waals surface area (Å²) in [6, 6.07) is 12.4. The van der Waals surface area contributed by atoms with Crippen molar-refractivity contribution in [1.82, 2.24) is 5.32 Å². The van der Waals surface area contributed by atoms with E-state index in [0.717, 1.165) is 5.56 Å². The summed E-state index contributed by atoms with van der Waals surface area (Å²) in [5, 5.41) is 24.6. The van der Waals surface area contributed by atoms with E-state index < -0.39 is 17.9 Å². The number of aliphatic carboxylic acids is 1. The maximum atomic E-state index is 12.0. The molecule has 0 fully saturated rings. The van der Waals surface area contributed by atoms with Crippen molar-refractivity contribution in [3.63, 3.8) is 0 Å². The molecule has 0 aliphatic rings. The van der Waals surface area contributed by atoms with E-state index in [1.54, 1.807) is 0 Å². The number of hydrogen-bond donors (Lipinski definition) is 4. The third-order valence-corrected chi connectivity index (χ3v) is 3.55. The van der Waals surface area contributed by atoms with Crippen LogP contribution in [0, 0.1) is 0 Å². The van der Waals surface area contributed by atoms with E-state index in [2.05, 4.69) is 10.6 Å². The number of carbonyl (C=O) groups is 2. The van der Waals surface area contributed by atoms with Gasteiger partial charge in [-0.25, -0.2) is 0 Å². The molecule has 0 radical (unpaired) electrons. The van der Waals surface area contributed by atoms with Gasteiger partial charge in [0.05, 0.1) is 12.1 Å². The van der Waals surface area contributed by atoms with Crippen molar-refractivity contribution in [1.29, 1.82) is 0 Å². The topological polar surface area (TPSA) is 98.7 Å². The first-order valence-corrected chi connectivity index (χ1v) is 7.62. The summed E-state index contributed by atoms with van der Waals surface area (Å²) in [4.78, 5) is 23.4. The molecular weight excluding hydrogens is 332 g/mol. The number of anilines is 1. The highest BCUT2D eigenvalue weighted by atomic mass is 35.5. The quantitative estimate of drug-likeness (QED) is 0.576. The molecule has 0 saturated carbocycles. The van der Waals surface area contributed by atoms with Crippen LogP contribution in [0.15, 0.2) is 48.5 Å². The van der Waals surface area contributed by atoms with Gasteiger partial charge in [0.25, 0.3) is 0 Å². The van der Waals surface area contributed by atoms with Crippen molar-refractivity contribution in [2.24, 2.45) is 0 Å². The molecule has 0 unspecified atom stereocenters. The Morgan fingerprint density at radius 3 is 2.50 bits per heavy atom. The highest BCUT2D eigenvalue weighted by Crippen LogP contribution is 2.26. The highest BCUT2D eigenvalue weighted by Gasteiger charge is 2.21. The molecule has 0 aromatic heterocycles. The van der Waals surface area contributed by atoms with Crippen LogP contribution in [0.5, 0.6) is 5.75 Å². The van der Waals surface area contributed by atoms with E-state index in [-0.39, 0.29) is 17.9 Å². The molecule has 2 aromatic carbocycles. The van der Waals surface area contributed by atoms with Gasteiger partial charge in [0.15, 0.2) is 0 Å². The number of phenolic OH excluding ortho intramolecular Hbond substituents is 1. The molecule has 0 aliphatic heterocycles. The van der Waals surface area contributed by atoms with Gasteiger partial charge in [0.2, 0.25) is 5.91 Å². The number of amides is 1. The predicted molar refractivity (Wildman–Crippen MR) is 91.1 cm³/mol. The summed E-state index contributed by atoms with van der Waals surface area (Å²) >= 11 is 5.81. The van der Waals surface area contributed by atoms with Crippen LogP contribution in [0.4, 0.5) is 5.69 Å². The van der Waals surface area contributed by atoms with Gasteiger partial charge in [-0.3, -0.25) is 14.9 Å². The van der Waals surface area contributed by atoms with Gasteiger partial charge in [0, 0.05) is 11.6 Å². The largest absolute Gasteiger partial charge is 0.506 e. The zero-order chi connectivity index (χ0) is 17.5. The van der Waals surface area contributed by atoms with Crippen LogP contribution in [0.25, 0.3) is 0 Å². The third-order valence-electron chi connectivity index (χ3n) is 3.32. The van der Waals surface area contributed by atoms with Crippen LogP contribution in [0.2, 0.25) is 5.02 Å². The molecule has 0 spiro atoms. The number of hydrogen-bond acceptors (Lipinski definition) is 4. The average Bonchev–Trinajstić information content (AvgIpc) is 2.55. The van der Waals surface area contributed by atoms with Crippen LogP contribution >= 0.6 is 11.6 Å². The van der Waals surface area contributed by atoms with E-state index in [4.69, 9.17) is 11.6 Å². The van der Waals surface area contributed by atoms with Crippen LogP contribution in [-0.4, -0.2) is 28.1 Å². The number of phenols is 1. The Kier molecular flexibility index (Phi) is 6.17. The van der Waals surface area contributed by atoms with E-state index >= 15 is 0 Å². The summed E-state index contributed by atoms with van der Waals surface area (Å²) in [6.07, 6.45) is -0.284. The maximum absolute atomic E-state index is 12.0. The lowest BCUT2D eigenvalue weighted by Gasteiger charge is -2.15. The summed E-state index contributed by atoms with van der Waals surface area (Å²) < 4.78 is 0. The lowest BCUT2D eigenvalue weighted by Crippen LogP contribution is -2.39. The molecule has 1 atom stereocenters. The van der Waals surface area contributed by atoms with Gasteiger partial charge >= 0.3 is 5.97 Å². The molecule has 2 aromatic rings. The van der Waals surface area contributed by atoms with Gasteiger partial charge in [-0.2, -0.15) is 0 Å². The Morgan fingerprint density at radius 2 is 1.83 bits per heavy atom. The van der Waals surface area contributed by atoms with Gasteiger partial charge in [-0.15, -0.1) is 0 Å². The number of carboxylic acids is 1. The molecule has 2 rings (SSSR count). The van der Waals surface area contributed by atoms with Crippen molar-refractivity contribution < 1.29 is 19.8 Å². The van der Waals surface area contributed by atoms with Gasteiger partial charge in [0.1, 0.15) is 11.8 Å². The molecule has 24 heavy (non-hydrogen) atoms. The first kappa shape index (κ1) is 17.8. The number of carboxylic acid groups (broad SMARTS) is 1. The van der Waals surface area contributed by atoms with Gasteiger partial charge in [-0.05, 0) is 23.8 Å². The van der Waals surface area contributed by atoms with Gasteiger partial charge in [-0.1, -0.05) is 41.9 Å². The second-order valence-corrected chi connectivity index (χ2v) is 5.61. The zero-order valence-corrected chi connectivity index (χ0v) is 13.5. The molecule has 126 valence electrons. The minimum absolute atomic E-state index is 0.139. The Morgan fingerprint density at radius 1 is 1.12 bits per heavy atom. The lowest BCUT2D eigenvalue weighted by atomic mass is 10.1. The van der Waals surface area contributed by atoms with E-state index in [0.29, 0.717) is 11.6 Å². The highest BCUT2D eigenvalue weighted by molar-refractivity contribution is 6.31. The molecule has 4 N–H and O–H groups in total. The van der Waals surface area contributed by atoms with E-state index in [9.17, 15) is 19.8 Å². The maximum Gasteiger partial charge on any atom is 0.321 e. The van der Waals surface area contributed by atoms with Crippen molar-refractivity contribution in [2.75, 3.05) is 5.32 Å². The van der Waals surface area contributed by atoms with E-state index in [1.165, 1.54) is 18.2 Å². The average molecular weight is 349 g/mol. The minimum Gasteiger partial charge on any atom is -0.506 e. The standard InChI is InChI=1S/C17H17ClN2O4/c18-12-6-7-15(21)13(8-12)20-16(22)9-14(17(23)24)19-10-11-4-2-1-3-5-11/h1-8,14,19,21H,9-10H2,(H,20,22)(H,23,24)/t14-/m1/s1. The second-order valence-electron chi connectivity index (χ2n) is 5.17. The fraction of sp³-hybridized carbons (Fsp3) is 0.176. The molecular formula is C17H17ClN2O4. The molecule has 7 heteroatoms. The summed E-state index contributed by atoms with van der Waals surface area (Å²) in [7, 11) is 0. The van der Waals surface area contributed by atoms with Crippen LogP contribution < -0.4 is 10.6 Å². The molecule has 6 nitrogen and oxygen atoms in total. The molecule has 0 saturated heterocycles. The predicted octanol–water partition coefficient (Wildman–Crippen LogP) is 2.62. The molecule has 0 bridgehead atoms. The lowest BCUT2D eigenvalue weighted by molar-refractivity contribution is -0.141. The first-order valence-electron chi connectivity index (χ1n) is 7.24. The molecule has 1 amide bonds. The van der Waals surface area contributed by atoms with Crippen LogP contribution in [0.3, 0.4) is 0 Å². The number of carbonyl (C=O) groups excluding carboxylic acids is 1. The van der Waals surface area contributed by atoms with Crippen molar-refractivity contribution >= 4 is 29.2 Å². The summed E-state index contributed by atoms with van der Waals surface area (Å²) in [5.41, 5.74) is 1.05. The van der Waals surface area contributed by atoms with Crippen LogP contribution in [-0.2, 0) is 16.1 Å². The number of halogens is 1. The van der Waals surface area contributed by atoms with Crippen molar-refractivity contribution in [3.8, 4) is 5.75 Å². The number of benzene rings is 2. The Labute approximate surface area is 144 Å². The first-order chi connectivity index (χ1) is 11.5. The minimum atomic E-state index is -1.13. The number of nitrogens with one attached hydrogen (secondary N) is 2. The number of rotatable bonds is 7. The Bertz CT molecular complexity index is 722. The van der Waals surface area contributed by atoms with Crippen LogP contribution in [0.1, 0.15) is 12.0 Å². The monoisotopic (exact) mass is 348 g/mol. The fourth-order valence-electron chi connectivity index (χ4n) is 2.08. The second kappa shape index (κ2) is 8.33. The van der Waals surface area contributed by atoms with Crippen molar-refractivity contribution in [3.05, 3.63) is 59.1 Å². The Hall–Kier alpha value is -2.57. The Balaban J connectivity index is 1.95. The summed E-state index contributed by atoms with van der Waals surface area (Å²) in [5.74, 6) is -1.81. The zero-order valence-electron chi connectivity index (χ0n) is 12.7. The van der Waals surface area contributed by atoms with E-state index in [1.807, 2.05) is 30.3 Å². The third kappa shape index (κ3) is 5.26. The van der Waals surface area contributed by atoms with Gasteiger partial charge < -0.3 is 15.5 Å². The SMILES string of the molecule is O=C(C[C@@H](NCc1ccccc1)C(=O)O)Nc1cc(Cl)ccc1O. The number of aromatic hydroxyl groups is 1. The summed E-state index contributed by atoms with van der Waals surface area (Å²) in [6.45, 7) is 0.327. The fourth-order valence-corrected chi connectivity index (χ4v) is 2.25. The molecule has 0 aliphatic carbocycles. The molecule has 0 heterocycles. The van der Waals surface area contributed by atoms with Crippen molar-refractivity contribution in [2.45, 2.75) is 19.0 Å². The normalized spacial score (nSPS) is 11.7. The smallest absolute Gasteiger partial charge is 0.321 e.